The molecule has 0 aromatic heterocycles. The van der Waals surface area contributed by atoms with Gasteiger partial charge in [-0.15, -0.1) is 0 Å². The third-order valence-corrected chi connectivity index (χ3v) is 2.43. The Labute approximate surface area is 92.0 Å². The summed E-state index contributed by atoms with van der Waals surface area (Å²) in [6.07, 6.45) is -2.92. The number of carboxylic acid groups (broad SMARTS) is 2. The van der Waals surface area contributed by atoms with E-state index in [1.807, 2.05) is 6.92 Å². The van der Waals surface area contributed by atoms with E-state index in [-0.39, 0.29) is 6.04 Å². The molecule has 0 spiro atoms. The standard InChI is InChI=1S/C9H15NO6/c1-4-2-3-5(10-4)16-7(9(14)15)6(11)8(12)13/h4-7,10-11H,2-3H2,1H3,(H,12,13)(H,14,15)/t4-,5?,6-,7-/m1/s1. The van der Waals surface area contributed by atoms with Crippen molar-refractivity contribution in [2.45, 2.75) is 44.2 Å². The van der Waals surface area contributed by atoms with Crippen LogP contribution in [-0.4, -0.2) is 51.7 Å². The van der Waals surface area contributed by atoms with Crippen LogP contribution in [0, 0.1) is 0 Å². The third kappa shape index (κ3) is 3.16. The normalized spacial score (nSPS) is 28.6. The van der Waals surface area contributed by atoms with E-state index in [9.17, 15) is 9.59 Å². The molecule has 0 radical (unpaired) electrons. The number of aliphatic hydroxyl groups excluding tert-OH is 1. The van der Waals surface area contributed by atoms with Crippen LogP contribution in [0.1, 0.15) is 19.8 Å². The molecular weight excluding hydrogens is 218 g/mol. The van der Waals surface area contributed by atoms with Gasteiger partial charge in [0.25, 0.3) is 0 Å². The zero-order valence-corrected chi connectivity index (χ0v) is 8.79. The van der Waals surface area contributed by atoms with Gasteiger partial charge in [0.05, 0.1) is 0 Å². The highest BCUT2D eigenvalue weighted by Gasteiger charge is 2.36. The van der Waals surface area contributed by atoms with Crippen LogP contribution in [-0.2, 0) is 14.3 Å². The van der Waals surface area contributed by atoms with Gasteiger partial charge < -0.3 is 20.1 Å². The summed E-state index contributed by atoms with van der Waals surface area (Å²) in [5.41, 5.74) is 0. The van der Waals surface area contributed by atoms with Crippen LogP contribution in [0.3, 0.4) is 0 Å². The first-order valence-corrected chi connectivity index (χ1v) is 4.97. The molecule has 1 fully saturated rings. The molecule has 0 amide bonds. The Morgan fingerprint density at radius 1 is 1.31 bits per heavy atom. The summed E-state index contributed by atoms with van der Waals surface area (Å²) in [5, 5.41) is 29.3. The largest absolute Gasteiger partial charge is 0.479 e. The first-order chi connectivity index (χ1) is 7.41. The SMILES string of the molecule is C[C@@H]1CCC(O[C@@H](C(=O)O)[C@@H](O)C(=O)O)N1. The van der Waals surface area contributed by atoms with Gasteiger partial charge in [0.2, 0.25) is 0 Å². The molecule has 1 saturated heterocycles. The first kappa shape index (κ1) is 12.9. The van der Waals surface area contributed by atoms with E-state index in [2.05, 4.69) is 5.32 Å². The summed E-state index contributed by atoms with van der Waals surface area (Å²) >= 11 is 0. The minimum Gasteiger partial charge on any atom is -0.479 e. The van der Waals surface area contributed by atoms with Crippen LogP contribution in [0.4, 0.5) is 0 Å². The predicted octanol–water partition coefficient (Wildman–Crippen LogP) is -1.00. The molecule has 4 N–H and O–H groups in total. The topological polar surface area (TPSA) is 116 Å². The van der Waals surface area contributed by atoms with Gasteiger partial charge in [-0.3, -0.25) is 5.32 Å². The Kier molecular flexibility index (Phi) is 4.22. The lowest BCUT2D eigenvalue weighted by atomic mass is 10.2. The summed E-state index contributed by atoms with van der Waals surface area (Å²) < 4.78 is 5.02. The average molecular weight is 233 g/mol. The van der Waals surface area contributed by atoms with Crippen molar-refractivity contribution in [1.82, 2.24) is 5.32 Å². The number of aliphatic hydroxyl groups is 1. The molecule has 92 valence electrons. The second kappa shape index (κ2) is 5.24. The van der Waals surface area contributed by atoms with Crippen molar-refractivity contribution in [1.29, 1.82) is 0 Å². The summed E-state index contributed by atoms with van der Waals surface area (Å²) in [6.45, 7) is 1.91. The van der Waals surface area contributed by atoms with Gasteiger partial charge in [-0.2, -0.15) is 0 Å². The molecule has 1 aliphatic heterocycles. The Morgan fingerprint density at radius 3 is 2.31 bits per heavy atom. The van der Waals surface area contributed by atoms with Crippen molar-refractivity contribution in [2.24, 2.45) is 0 Å². The molecule has 1 unspecified atom stereocenters. The molecule has 1 rings (SSSR count). The highest BCUT2D eigenvalue weighted by Crippen LogP contribution is 2.15. The number of carboxylic acids is 2. The van der Waals surface area contributed by atoms with Crippen LogP contribution in [0.5, 0.6) is 0 Å². The van der Waals surface area contributed by atoms with E-state index in [1.54, 1.807) is 0 Å². The molecule has 1 heterocycles. The summed E-state index contributed by atoms with van der Waals surface area (Å²) in [4.78, 5) is 21.2. The predicted molar refractivity (Wildman–Crippen MR) is 51.8 cm³/mol. The van der Waals surface area contributed by atoms with Crippen LogP contribution in [0.2, 0.25) is 0 Å². The van der Waals surface area contributed by atoms with Gasteiger partial charge in [0, 0.05) is 6.04 Å². The fourth-order valence-electron chi connectivity index (χ4n) is 1.57. The fourth-order valence-corrected chi connectivity index (χ4v) is 1.57. The van der Waals surface area contributed by atoms with Crippen molar-refractivity contribution in [2.75, 3.05) is 0 Å². The number of ether oxygens (including phenoxy) is 1. The van der Waals surface area contributed by atoms with Crippen molar-refractivity contribution in [3.8, 4) is 0 Å². The van der Waals surface area contributed by atoms with Crippen molar-refractivity contribution in [3.63, 3.8) is 0 Å². The van der Waals surface area contributed by atoms with Crippen LogP contribution in [0.15, 0.2) is 0 Å². The molecule has 7 heteroatoms. The van der Waals surface area contributed by atoms with Gasteiger partial charge in [0.1, 0.15) is 6.23 Å². The van der Waals surface area contributed by atoms with Gasteiger partial charge >= 0.3 is 11.9 Å². The van der Waals surface area contributed by atoms with E-state index in [4.69, 9.17) is 20.1 Å². The minimum atomic E-state index is -2.06. The van der Waals surface area contributed by atoms with E-state index in [1.165, 1.54) is 0 Å². The lowest BCUT2D eigenvalue weighted by molar-refractivity contribution is -0.177. The highest BCUT2D eigenvalue weighted by atomic mass is 16.5. The monoisotopic (exact) mass is 233 g/mol. The number of hydrogen-bond acceptors (Lipinski definition) is 5. The number of carbonyl (C=O) groups is 2. The molecule has 7 nitrogen and oxygen atoms in total. The third-order valence-electron chi connectivity index (χ3n) is 2.43. The molecule has 0 aromatic rings. The van der Waals surface area contributed by atoms with Gasteiger partial charge in [-0.1, -0.05) is 0 Å². The zero-order chi connectivity index (χ0) is 12.3. The smallest absolute Gasteiger partial charge is 0.336 e. The number of nitrogens with one attached hydrogen (secondary N) is 1. The van der Waals surface area contributed by atoms with E-state index >= 15 is 0 Å². The zero-order valence-electron chi connectivity index (χ0n) is 8.79. The van der Waals surface area contributed by atoms with Gasteiger partial charge in [0.15, 0.2) is 12.2 Å². The molecule has 0 saturated carbocycles. The molecular formula is C9H15NO6. The maximum absolute atomic E-state index is 10.7. The molecule has 0 aromatic carbocycles. The second-order valence-corrected chi connectivity index (χ2v) is 3.81. The Morgan fingerprint density at radius 2 is 1.94 bits per heavy atom. The van der Waals surface area contributed by atoms with Gasteiger partial charge in [-0.25, -0.2) is 9.59 Å². The maximum atomic E-state index is 10.7. The van der Waals surface area contributed by atoms with Crippen LogP contribution >= 0.6 is 0 Å². The maximum Gasteiger partial charge on any atom is 0.336 e. The van der Waals surface area contributed by atoms with Crippen molar-refractivity contribution < 1.29 is 29.6 Å². The Hall–Kier alpha value is -1.18. The lowest BCUT2D eigenvalue weighted by Gasteiger charge is -2.21. The van der Waals surface area contributed by atoms with Crippen LogP contribution < -0.4 is 5.32 Å². The average Bonchev–Trinajstić information content (AvgIpc) is 2.59. The number of hydrogen-bond donors (Lipinski definition) is 4. The van der Waals surface area contributed by atoms with E-state index in [0.717, 1.165) is 6.42 Å². The quantitative estimate of drug-likeness (QED) is 0.481. The molecule has 16 heavy (non-hydrogen) atoms. The fraction of sp³-hybridized carbons (Fsp3) is 0.778. The van der Waals surface area contributed by atoms with Gasteiger partial charge in [-0.05, 0) is 19.8 Å². The summed E-state index contributed by atoms with van der Waals surface area (Å²) in [6, 6.07) is 0.196. The van der Waals surface area contributed by atoms with E-state index in [0.29, 0.717) is 6.42 Å². The molecule has 4 atom stereocenters. The van der Waals surface area contributed by atoms with Crippen LogP contribution in [0.25, 0.3) is 0 Å². The van der Waals surface area contributed by atoms with Crippen molar-refractivity contribution >= 4 is 11.9 Å². The lowest BCUT2D eigenvalue weighted by Crippen LogP contribution is -2.46. The summed E-state index contributed by atoms with van der Waals surface area (Å²) in [7, 11) is 0. The highest BCUT2D eigenvalue weighted by molar-refractivity contribution is 5.83. The summed E-state index contributed by atoms with van der Waals surface area (Å²) in [5.74, 6) is -3.10. The molecule has 1 aliphatic rings. The minimum absolute atomic E-state index is 0.196. The Balaban J connectivity index is 2.58. The second-order valence-electron chi connectivity index (χ2n) is 3.81. The van der Waals surface area contributed by atoms with Crippen molar-refractivity contribution in [3.05, 3.63) is 0 Å². The van der Waals surface area contributed by atoms with E-state index < -0.39 is 30.4 Å². The first-order valence-electron chi connectivity index (χ1n) is 4.97. The number of rotatable bonds is 5. The number of aliphatic carboxylic acids is 2. The molecule has 0 bridgehead atoms. The Bertz CT molecular complexity index is 281. The molecule has 0 aliphatic carbocycles.